The van der Waals surface area contributed by atoms with Crippen LogP contribution >= 0.6 is 0 Å². The lowest BCUT2D eigenvalue weighted by molar-refractivity contribution is -0.123. The molecule has 1 aliphatic heterocycles. The fourth-order valence-electron chi connectivity index (χ4n) is 6.75. The summed E-state index contributed by atoms with van der Waals surface area (Å²) in [5.74, 6) is -3.96. The highest BCUT2D eigenvalue weighted by molar-refractivity contribution is 6.25. The number of benzene rings is 2. The largest absolute Gasteiger partial charge is 0.504 e. The highest BCUT2D eigenvalue weighted by Gasteiger charge is 2.56. The molecular weight excluding hydrogens is 510 g/mol. The number of carbonyl (C=O) groups is 5. The van der Waals surface area contributed by atoms with Crippen molar-refractivity contribution in [3.63, 3.8) is 0 Å². The summed E-state index contributed by atoms with van der Waals surface area (Å²) in [6.07, 6.45) is 3.65. The third-order valence-electron chi connectivity index (χ3n) is 8.66. The fraction of sp³-hybridized carbons (Fsp3) is 0.281. The van der Waals surface area contributed by atoms with E-state index in [4.69, 9.17) is 4.74 Å². The standard InChI is InChI=1S/C32H27NO7/c1-15-13-24(35)23-14-22-19(26(28(23)29(15)36)20-5-4-6-25(40-3)30(20)37)11-12-21-27(22)32(39)33(31(21)38)18-9-7-17(8-10-18)16(2)34/h4-11,13,21-22,26-27,37H,12,14H2,1-3H3. The number of phenols is 1. The van der Waals surface area contributed by atoms with Crippen molar-refractivity contribution in [3.05, 3.63) is 88.0 Å². The lowest BCUT2D eigenvalue weighted by Crippen LogP contribution is -2.39. The number of rotatable bonds is 4. The zero-order valence-electron chi connectivity index (χ0n) is 22.3. The van der Waals surface area contributed by atoms with Crippen molar-refractivity contribution in [1.29, 1.82) is 0 Å². The number of para-hydroxylation sites is 1. The van der Waals surface area contributed by atoms with Crippen LogP contribution in [0, 0.1) is 17.8 Å². The van der Waals surface area contributed by atoms with Gasteiger partial charge in [0.05, 0.1) is 24.6 Å². The molecule has 1 N–H and O–H groups in total. The fourth-order valence-corrected chi connectivity index (χ4v) is 6.75. The molecule has 0 bridgehead atoms. The summed E-state index contributed by atoms with van der Waals surface area (Å²) in [6.45, 7) is 3.04. The first-order valence-corrected chi connectivity index (χ1v) is 13.2. The number of fused-ring (bicyclic) bond motifs is 3. The highest BCUT2D eigenvalue weighted by atomic mass is 16.5. The molecule has 0 spiro atoms. The second-order valence-electron chi connectivity index (χ2n) is 10.7. The predicted molar refractivity (Wildman–Crippen MR) is 145 cm³/mol. The zero-order valence-corrected chi connectivity index (χ0v) is 22.3. The van der Waals surface area contributed by atoms with E-state index in [1.807, 2.05) is 6.08 Å². The van der Waals surface area contributed by atoms with Crippen molar-refractivity contribution >= 4 is 34.9 Å². The van der Waals surface area contributed by atoms with E-state index in [1.165, 1.54) is 25.0 Å². The van der Waals surface area contributed by atoms with Gasteiger partial charge < -0.3 is 9.84 Å². The molecule has 3 aliphatic carbocycles. The van der Waals surface area contributed by atoms with Crippen LogP contribution in [0.2, 0.25) is 0 Å². The van der Waals surface area contributed by atoms with Gasteiger partial charge in [0.1, 0.15) is 0 Å². The van der Waals surface area contributed by atoms with Crippen molar-refractivity contribution in [1.82, 2.24) is 0 Å². The van der Waals surface area contributed by atoms with Gasteiger partial charge in [-0.2, -0.15) is 0 Å². The molecule has 0 saturated carbocycles. The van der Waals surface area contributed by atoms with Gasteiger partial charge in [0.15, 0.2) is 28.8 Å². The maximum absolute atomic E-state index is 14.0. The lowest BCUT2D eigenvalue weighted by Gasteiger charge is -2.42. The van der Waals surface area contributed by atoms with Gasteiger partial charge in [-0.05, 0) is 69.0 Å². The Balaban J connectivity index is 1.47. The van der Waals surface area contributed by atoms with Crippen LogP contribution in [-0.4, -0.2) is 41.4 Å². The minimum Gasteiger partial charge on any atom is -0.504 e. The Morgan fingerprint density at radius 3 is 2.40 bits per heavy atom. The van der Waals surface area contributed by atoms with E-state index < -0.39 is 23.7 Å². The highest BCUT2D eigenvalue weighted by Crippen LogP contribution is 2.57. The number of imide groups is 1. The van der Waals surface area contributed by atoms with Crippen molar-refractivity contribution in [2.45, 2.75) is 32.6 Å². The Hall–Kier alpha value is -4.59. The summed E-state index contributed by atoms with van der Waals surface area (Å²) >= 11 is 0. The van der Waals surface area contributed by atoms with E-state index in [1.54, 1.807) is 49.4 Å². The summed E-state index contributed by atoms with van der Waals surface area (Å²) in [7, 11) is 1.43. The summed E-state index contributed by atoms with van der Waals surface area (Å²) in [5, 5.41) is 11.1. The smallest absolute Gasteiger partial charge is 0.238 e. The maximum atomic E-state index is 14.0. The van der Waals surface area contributed by atoms with E-state index in [-0.39, 0.29) is 53.5 Å². The number of ether oxygens (including phenoxy) is 1. The minimum atomic E-state index is -0.767. The molecule has 202 valence electrons. The van der Waals surface area contributed by atoms with Crippen LogP contribution in [-0.2, 0) is 19.2 Å². The second kappa shape index (κ2) is 9.26. The van der Waals surface area contributed by atoms with Crippen LogP contribution in [0.3, 0.4) is 0 Å². The monoisotopic (exact) mass is 537 g/mol. The van der Waals surface area contributed by atoms with Crippen molar-refractivity contribution < 1.29 is 33.8 Å². The van der Waals surface area contributed by atoms with Gasteiger partial charge in [-0.25, -0.2) is 0 Å². The van der Waals surface area contributed by atoms with Gasteiger partial charge in [0, 0.05) is 33.8 Å². The van der Waals surface area contributed by atoms with Crippen LogP contribution in [0.5, 0.6) is 11.5 Å². The average Bonchev–Trinajstić information content (AvgIpc) is 3.20. The minimum absolute atomic E-state index is 0.123. The summed E-state index contributed by atoms with van der Waals surface area (Å²) in [6, 6.07) is 11.4. The molecule has 1 fully saturated rings. The summed E-state index contributed by atoms with van der Waals surface area (Å²) < 4.78 is 5.33. The molecule has 2 amide bonds. The van der Waals surface area contributed by atoms with Crippen LogP contribution in [0.15, 0.2) is 76.9 Å². The van der Waals surface area contributed by atoms with Crippen LogP contribution in [0.25, 0.3) is 0 Å². The molecule has 2 aromatic rings. The van der Waals surface area contributed by atoms with Crippen LogP contribution in [0.1, 0.15) is 48.5 Å². The Labute approximate surface area is 230 Å². The number of nitrogens with zero attached hydrogens (tertiary/aromatic N) is 1. The van der Waals surface area contributed by atoms with Crippen molar-refractivity contribution in [2.24, 2.45) is 17.8 Å². The van der Waals surface area contributed by atoms with Crippen molar-refractivity contribution in [3.8, 4) is 11.5 Å². The Morgan fingerprint density at radius 1 is 1.00 bits per heavy atom. The Bertz CT molecular complexity index is 1620. The number of amides is 2. The van der Waals surface area contributed by atoms with Gasteiger partial charge in [-0.1, -0.05) is 23.8 Å². The lowest BCUT2D eigenvalue weighted by atomic mass is 9.59. The first-order valence-electron chi connectivity index (χ1n) is 13.2. The molecule has 4 aliphatic rings. The van der Waals surface area contributed by atoms with Crippen LogP contribution in [0.4, 0.5) is 5.69 Å². The van der Waals surface area contributed by atoms with Crippen molar-refractivity contribution in [2.75, 3.05) is 12.0 Å². The molecule has 1 heterocycles. The average molecular weight is 538 g/mol. The molecule has 2 aromatic carbocycles. The number of anilines is 1. The number of phenolic OH excluding ortho intramolecular Hbond substituents is 1. The van der Waals surface area contributed by atoms with E-state index >= 15 is 0 Å². The van der Waals surface area contributed by atoms with Gasteiger partial charge in [-0.3, -0.25) is 28.9 Å². The van der Waals surface area contributed by atoms with Gasteiger partial charge in [0.2, 0.25) is 11.8 Å². The van der Waals surface area contributed by atoms with Gasteiger partial charge in [-0.15, -0.1) is 0 Å². The summed E-state index contributed by atoms with van der Waals surface area (Å²) in [5.41, 5.74) is 2.95. The zero-order chi connectivity index (χ0) is 28.5. The van der Waals surface area contributed by atoms with E-state index in [0.717, 1.165) is 5.57 Å². The molecule has 40 heavy (non-hydrogen) atoms. The quantitative estimate of drug-likeness (QED) is 0.268. The number of allylic oxidation sites excluding steroid dienone is 6. The molecule has 8 heteroatoms. The van der Waals surface area contributed by atoms with Crippen LogP contribution < -0.4 is 9.64 Å². The van der Waals surface area contributed by atoms with Gasteiger partial charge >= 0.3 is 0 Å². The first-order chi connectivity index (χ1) is 19.1. The maximum Gasteiger partial charge on any atom is 0.238 e. The summed E-state index contributed by atoms with van der Waals surface area (Å²) in [4.78, 5) is 67.2. The van der Waals surface area contributed by atoms with E-state index in [0.29, 0.717) is 33.5 Å². The van der Waals surface area contributed by atoms with E-state index in [9.17, 15) is 29.1 Å². The molecule has 4 unspecified atom stereocenters. The number of hydrogen-bond donors (Lipinski definition) is 1. The number of hydrogen-bond acceptors (Lipinski definition) is 7. The molecule has 1 saturated heterocycles. The Kier molecular flexibility index (Phi) is 5.94. The number of aromatic hydroxyl groups is 1. The molecule has 0 aromatic heterocycles. The Morgan fingerprint density at radius 2 is 1.73 bits per heavy atom. The molecule has 8 nitrogen and oxygen atoms in total. The molecular formula is C32H27NO7. The number of Topliss-reactive ketones (excluding diaryl/α,β-unsaturated/α-hetero) is 2. The van der Waals surface area contributed by atoms with Gasteiger partial charge in [0.25, 0.3) is 0 Å². The number of ketones is 3. The third kappa shape index (κ3) is 3.62. The normalized spacial score (nSPS) is 25.7. The molecule has 0 radical (unpaired) electrons. The SMILES string of the molecule is COc1cccc(C2C3=CCC4C(=O)N(c5ccc(C(C)=O)cc5)C(=O)C4C3CC3=C2C(=O)C(C)=CC3=O)c1O. The van der Waals surface area contributed by atoms with E-state index in [2.05, 4.69) is 0 Å². The number of carbonyl (C=O) groups excluding carboxylic acids is 5. The topological polar surface area (TPSA) is 118 Å². The first kappa shape index (κ1) is 25.7. The molecule has 6 rings (SSSR count). The number of methoxy groups -OCH3 is 1. The molecule has 4 atom stereocenters. The predicted octanol–water partition coefficient (Wildman–Crippen LogP) is 4.24. The second-order valence-corrected chi connectivity index (χ2v) is 10.7. The third-order valence-corrected chi connectivity index (χ3v) is 8.66.